The molecular weight excluding hydrogens is 432 g/mol. The lowest BCUT2D eigenvalue weighted by atomic mass is 10.2. The summed E-state index contributed by atoms with van der Waals surface area (Å²) in [7, 11) is -1.77. The summed E-state index contributed by atoms with van der Waals surface area (Å²) in [4.78, 5) is 17.0. The fourth-order valence-electron chi connectivity index (χ4n) is 2.69. The molecular formula is C22H29ClN4O3Si. The van der Waals surface area contributed by atoms with E-state index in [1.807, 2.05) is 0 Å². The highest BCUT2D eigenvalue weighted by molar-refractivity contribution is 6.74. The first-order valence-electron chi connectivity index (χ1n) is 10.2. The van der Waals surface area contributed by atoms with Crippen LogP contribution in [0.2, 0.25) is 23.2 Å². The van der Waals surface area contributed by atoms with Crippen molar-refractivity contribution < 1.29 is 14.0 Å². The standard InChI is InChI=1S/C22H29ClN4O3Si/c1-22(2,3)31(4,5)30-13-7-12-29-19-9-8-16(23)14-18(19)26-21(28)17-15-25-27-11-6-10-24-20(17)27/h6,8-11,14-15H,7,12-13H2,1-5H3,(H,26,28). The Labute approximate surface area is 188 Å². The predicted octanol–water partition coefficient (Wildman–Crippen LogP) is 5.43. The first-order valence-corrected chi connectivity index (χ1v) is 13.5. The van der Waals surface area contributed by atoms with Crippen molar-refractivity contribution in [3.05, 3.63) is 53.4 Å². The van der Waals surface area contributed by atoms with Crippen LogP contribution in [0.25, 0.3) is 5.65 Å². The Bertz CT molecular complexity index is 1060. The minimum Gasteiger partial charge on any atom is -0.491 e. The molecule has 1 aromatic carbocycles. The number of fused-ring (bicyclic) bond motifs is 1. The van der Waals surface area contributed by atoms with Gasteiger partial charge >= 0.3 is 0 Å². The predicted molar refractivity (Wildman–Crippen MR) is 126 cm³/mol. The topological polar surface area (TPSA) is 77.8 Å². The second kappa shape index (κ2) is 9.38. The lowest BCUT2D eigenvalue weighted by Gasteiger charge is -2.36. The second-order valence-electron chi connectivity index (χ2n) is 8.85. The first-order chi connectivity index (χ1) is 14.6. The smallest absolute Gasteiger partial charge is 0.261 e. The van der Waals surface area contributed by atoms with Gasteiger partial charge in [0.2, 0.25) is 0 Å². The lowest BCUT2D eigenvalue weighted by molar-refractivity contribution is 0.102. The Morgan fingerprint density at radius 2 is 2.03 bits per heavy atom. The second-order valence-corrected chi connectivity index (χ2v) is 14.1. The summed E-state index contributed by atoms with van der Waals surface area (Å²) in [6.45, 7) is 12.2. The molecule has 2 heterocycles. The van der Waals surface area contributed by atoms with Crippen molar-refractivity contribution in [1.29, 1.82) is 0 Å². The van der Waals surface area contributed by atoms with Crippen molar-refractivity contribution in [2.75, 3.05) is 18.5 Å². The Morgan fingerprint density at radius 1 is 1.26 bits per heavy atom. The Kier molecular flexibility index (Phi) is 7.03. The number of benzene rings is 1. The van der Waals surface area contributed by atoms with Crippen LogP contribution in [0, 0.1) is 0 Å². The van der Waals surface area contributed by atoms with Crippen LogP contribution < -0.4 is 10.1 Å². The summed E-state index contributed by atoms with van der Waals surface area (Å²) >= 11 is 6.15. The lowest BCUT2D eigenvalue weighted by Crippen LogP contribution is -2.41. The van der Waals surface area contributed by atoms with Crippen molar-refractivity contribution >= 4 is 37.2 Å². The number of rotatable bonds is 8. The van der Waals surface area contributed by atoms with Gasteiger partial charge in [-0.1, -0.05) is 32.4 Å². The van der Waals surface area contributed by atoms with Gasteiger partial charge in [-0.3, -0.25) is 4.79 Å². The van der Waals surface area contributed by atoms with Gasteiger partial charge in [0.25, 0.3) is 5.91 Å². The number of nitrogens with one attached hydrogen (secondary N) is 1. The molecule has 0 aliphatic rings. The molecule has 0 aliphatic heterocycles. The average molecular weight is 461 g/mol. The highest BCUT2D eigenvalue weighted by Crippen LogP contribution is 2.36. The molecule has 0 atom stereocenters. The number of ether oxygens (including phenoxy) is 1. The third-order valence-corrected chi connectivity index (χ3v) is 10.3. The van der Waals surface area contributed by atoms with Crippen LogP contribution in [0.4, 0.5) is 5.69 Å². The molecule has 0 spiro atoms. The quantitative estimate of drug-likeness (QED) is 0.358. The molecule has 0 saturated heterocycles. The minimum absolute atomic E-state index is 0.175. The molecule has 3 aromatic rings. The minimum atomic E-state index is -1.77. The van der Waals surface area contributed by atoms with Crippen molar-refractivity contribution in [2.45, 2.75) is 45.3 Å². The maximum absolute atomic E-state index is 12.8. The number of halogens is 1. The number of amides is 1. The zero-order chi connectivity index (χ0) is 22.6. The molecule has 0 aliphatic carbocycles. The molecule has 0 unspecified atom stereocenters. The highest BCUT2D eigenvalue weighted by Gasteiger charge is 2.36. The van der Waals surface area contributed by atoms with Gasteiger partial charge in [-0.05, 0) is 42.4 Å². The van der Waals surface area contributed by atoms with Gasteiger partial charge in [-0.2, -0.15) is 5.10 Å². The highest BCUT2D eigenvalue weighted by atomic mass is 35.5. The van der Waals surface area contributed by atoms with Crippen LogP contribution >= 0.6 is 11.6 Å². The maximum Gasteiger partial charge on any atom is 0.261 e. The summed E-state index contributed by atoms with van der Waals surface area (Å²) < 4.78 is 13.7. The molecule has 7 nitrogen and oxygen atoms in total. The van der Waals surface area contributed by atoms with Crippen LogP contribution in [0.15, 0.2) is 42.9 Å². The molecule has 0 radical (unpaired) electrons. The van der Waals surface area contributed by atoms with Crippen LogP contribution in [-0.2, 0) is 4.43 Å². The normalized spacial score (nSPS) is 12.2. The largest absolute Gasteiger partial charge is 0.491 e. The van der Waals surface area contributed by atoms with Crippen molar-refractivity contribution in [2.24, 2.45) is 0 Å². The van der Waals surface area contributed by atoms with Crippen LogP contribution in [0.3, 0.4) is 0 Å². The summed E-state index contributed by atoms with van der Waals surface area (Å²) in [5.41, 5.74) is 1.35. The molecule has 2 aromatic heterocycles. The molecule has 9 heteroatoms. The Morgan fingerprint density at radius 3 is 2.77 bits per heavy atom. The summed E-state index contributed by atoms with van der Waals surface area (Å²) in [5, 5.41) is 7.70. The molecule has 0 bridgehead atoms. The molecule has 31 heavy (non-hydrogen) atoms. The van der Waals surface area contributed by atoms with E-state index < -0.39 is 8.32 Å². The summed E-state index contributed by atoms with van der Waals surface area (Å²) in [6, 6.07) is 6.90. The van der Waals surface area contributed by atoms with Gasteiger partial charge in [-0.25, -0.2) is 9.50 Å². The number of carbonyl (C=O) groups is 1. The van der Waals surface area contributed by atoms with Gasteiger partial charge in [0, 0.05) is 30.4 Å². The number of nitrogens with zero attached hydrogens (tertiary/aromatic N) is 3. The zero-order valence-electron chi connectivity index (χ0n) is 18.6. The molecule has 166 valence electrons. The van der Waals surface area contributed by atoms with Crippen LogP contribution in [0.1, 0.15) is 37.6 Å². The van der Waals surface area contributed by atoms with Gasteiger partial charge in [0.05, 0.1) is 18.5 Å². The Hall–Kier alpha value is -2.42. The zero-order valence-corrected chi connectivity index (χ0v) is 20.4. The molecule has 3 rings (SSSR count). The summed E-state index contributed by atoms with van der Waals surface area (Å²) in [5.74, 6) is 0.219. The Balaban J connectivity index is 1.62. The number of carbonyl (C=O) groups excluding carboxylic acids is 1. The molecule has 1 amide bonds. The van der Waals surface area contributed by atoms with Crippen molar-refractivity contribution in [3.8, 4) is 5.75 Å². The van der Waals surface area contributed by atoms with E-state index in [-0.39, 0.29) is 10.9 Å². The monoisotopic (exact) mass is 460 g/mol. The first kappa shape index (κ1) is 23.2. The fraction of sp³-hybridized carbons (Fsp3) is 0.409. The van der Waals surface area contributed by atoms with E-state index in [0.29, 0.717) is 40.9 Å². The van der Waals surface area contributed by atoms with E-state index in [0.717, 1.165) is 6.42 Å². The number of aromatic nitrogens is 3. The maximum atomic E-state index is 12.8. The third-order valence-electron chi connectivity index (χ3n) is 5.53. The average Bonchev–Trinajstić information content (AvgIpc) is 3.12. The van der Waals surface area contributed by atoms with E-state index in [1.54, 1.807) is 41.2 Å². The SMILES string of the molecule is CC(C)(C)[Si](C)(C)OCCCOc1ccc(Cl)cc1NC(=O)c1cnn2cccnc12. The van der Waals surface area contributed by atoms with Gasteiger partial charge < -0.3 is 14.5 Å². The van der Waals surface area contributed by atoms with Crippen molar-refractivity contribution in [3.63, 3.8) is 0 Å². The van der Waals surface area contributed by atoms with E-state index >= 15 is 0 Å². The third kappa shape index (κ3) is 5.64. The van der Waals surface area contributed by atoms with E-state index in [2.05, 4.69) is 49.3 Å². The molecule has 1 N–H and O–H groups in total. The van der Waals surface area contributed by atoms with E-state index in [4.69, 9.17) is 20.8 Å². The van der Waals surface area contributed by atoms with Crippen LogP contribution in [0.5, 0.6) is 5.75 Å². The van der Waals surface area contributed by atoms with Gasteiger partial charge in [-0.15, -0.1) is 0 Å². The number of hydrogen-bond donors (Lipinski definition) is 1. The van der Waals surface area contributed by atoms with E-state index in [1.165, 1.54) is 6.20 Å². The number of anilines is 1. The molecule has 0 saturated carbocycles. The van der Waals surface area contributed by atoms with Gasteiger partial charge in [0.1, 0.15) is 11.3 Å². The summed E-state index contributed by atoms with van der Waals surface area (Å²) in [6.07, 6.45) is 5.59. The van der Waals surface area contributed by atoms with Crippen molar-refractivity contribution in [1.82, 2.24) is 14.6 Å². The van der Waals surface area contributed by atoms with Crippen LogP contribution in [-0.4, -0.2) is 42.0 Å². The number of hydrogen-bond acceptors (Lipinski definition) is 5. The fourth-order valence-corrected chi connectivity index (χ4v) is 3.95. The van der Waals surface area contributed by atoms with Gasteiger partial charge in [0.15, 0.2) is 14.0 Å². The van der Waals surface area contributed by atoms with E-state index in [9.17, 15) is 4.79 Å². The molecule has 0 fully saturated rings.